The maximum Gasteiger partial charge on any atom is 0.315 e. The van der Waals surface area contributed by atoms with E-state index in [2.05, 4.69) is 67.8 Å². The van der Waals surface area contributed by atoms with E-state index in [4.69, 9.17) is 9.47 Å². The van der Waals surface area contributed by atoms with Crippen molar-refractivity contribution in [1.82, 2.24) is 0 Å². The summed E-state index contributed by atoms with van der Waals surface area (Å²) in [7, 11) is -4.41. The van der Waals surface area contributed by atoms with Crippen molar-refractivity contribution in [3.05, 3.63) is 42.1 Å². The minimum atomic E-state index is -4.41. The Hall–Kier alpha value is 0.940. The number of hydrogen-bond donors (Lipinski definition) is 1. The van der Waals surface area contributed by atoms with Crippen LogP contribution in [0.3, 0.4) is 0 Å². The van der Waals surface area contributed by atoms with Crippen LogP contribution in [0.5, 0.6) is 11.5 Å². The molecule has 13 heteroatoms. The van der Waals surface area contributed by atoms with Crippen LogP contribution in [0.4, 0.5) is 0 Å². The lowest BCUT2D eigenvalue weighted by molar-refractivity contribution is -0.162. The molecule has 2 aromatic carbocycles. The highest BCUT2D eigenvalue weighted by Gasteiger charge is 2.52. The number of ether oxygens (including phenoxy) is 2. The van der Waals surface area contributed by atoms with Crippen LogP contribution in [0.2, 0.25) is 0 Å². The van der Waals surface area contributed by atoms with E-state index in [1.165, 1.54) is 12.1 Å². The number of fused-ring (bicyclic) bond motifs is 3. The molecule has 7 nitrogen and oxygen atoms in total. The number of hydrogen-bond acceptors (Lipinski definition) is 6. The molecule has 2 bridgehead atoms. The second kappa shape index (κ2) is 11.6. The Morgan fingerprint density at radius 3 is 1.60 bits per heavy atom. The summed E-state index contributed by atoms with van der Waals surface area (Å²) in [6.45, 7) is 0. The van der Waals surface area contributed by atoms with E-state index in [1.807, 2.05) is 12.1 Å². The standard InChI is InChI=1S/C22H17I5O7S/c23-11-5-13(24)19(14(25)6-11)34-22(29)18-10-3-1-9(2-4-10)17(18)21(28)33-12-7-15(26)20(16(27)8-12)35(30,31)32/h5-10,17-18H,1-4H2,(H,30,31,32). The summed E-state index contributed by atoms with van der Waals surface area (Å²) < 4.78 is 47.5. The summed E-state index contributed by atoms with van der Waals surface area (Å²) in [5.41, 5.74) is 0. The first-order valence-corrected chi connectivity index (χ1v) is 17.2. The van der Waals surface area contributed by atoms with Gasteiger partial charge in [0.25, 0.3) is 10.1 Å². The first kappa shape index (κ1) is 28.9. The zero-order chi connectivity index (χ0) is 25.7. The van der Waals surface area contributed by atoms with Crippen LogP contribution in [0.15, 0.2) is 29.2 Å². The Morgan fingerprint density at radius 2 is 1.17 bits per heavy atom. The van der Waals surface area contributed by atoms with E-state index < -0.39 is 33.9 Å². The number of halogens is 5. The third-order valence-electron chi connectivity index (χ3n) is 6.38. The molecular weight excluding hydrogens is 1040 g/mol. The largest absolute Gasteiger partial charge is 0.426 e. The van der Waals surface area contributed by atoms with Crippen molar-refractivity contribution in [2.45, 2.75) is 30.6 Å². The van der Waals surface area contributed by atoms with Crippen LogP contribution in [-0.4, -0.2) is 24.9 Å². The van der Waals surface area contributed by atoms with Crippen LogP contribution in [0.1, 0.15) is 25.7 Å². The zero-order valence-electron chi connectivity index (χ0n) is 17.6. The molecule has 0 aromatic heterocycles. The minimum absolute atomic E-state index is 0.0233. The van der Waals surface area contributed by atoms with Gasteiger partial charge in [-0.3, -0.25) is 14.1 Å². The lowest BCUT2D eigenvalue weighted by Crippen LogP contribution is -2.49. The van der Waals surface area contributed by atoms with Gasteiger partial charge in [0.05, 0.1) is 19.0 Å². The van der Waals surface area contributed by atoms with Gasteiger partial charge < -0.3 is 9.47 Å². The number of esters is 2. The van der Waals surface area contributed by atoms with Crippen molar-refractivity contribution < 1.29 is 32.0 Å². The van der Waals surface area contributed by atoms with E-state index in [1.54, 1.807) is 45.2 Å². The predicted molar refractivity (Wildman–Crippen MR) is 170 cm³/mol. The fourth-order valence-corrected chi connectivity index (χ4v) is 12.7. The monoisotopic (exact) mass is 1060 g/mol. The summed E-state index contributed by atoms with van der Waals surface area (Å²) in [5.74, 6) is -1.41. The van der Waals surface area contributed by atoms with E-state index >= 15 is 0 Å². The summed E-state index contributed by atoms with van der Waals surface area (Å²) in [6, 6.07) is 6.66. The van der Waals surface area contributed by atoms with Crippen LogP contribution in [-0.2, 0) is 19.7 Å². The lowest BCUT2D eigenvalue weighted by atomic mass is 9.58. The lowest BCUT2D eigenvalue weighted by Gasteiger charge is -2.45. The quantitative estimate of drug-likeness (QED) is 0.158. The van der Waals surface area contributed by atoms with Crippen LogP contribution in [0, 0.1) is 41.5 Å². The fraction of sp³-hybridized carbons (Fsp3) is 0.364. The Kier molecular flexibility index (Phi) is 9.58. The third kappa shape index (κ3) is 6.40. The van der Waals surface area contributed by atoms with Crippen molar-refractivity contribution in [3.63, 3.8) is 0 Å². The molecule has 2 atom stereocenters. The Morgan fingerprint density at radius 1 is 0.743 bits per heavy atom. The van der Waals surface area contributed by atoms with Crippen LogP contribution >= 0.6 is 113 Å². The first-order chi connectivity index (χ1) is 16.4. The smallest absolute Gasteiger partial charge is 0.315 e. The fourth-order valence-electron chi connectivity index (χ4n) is 4.95. The Labute approximate surface area is 271 Å². The maximum absolute atomic E-state index is 13.4. The van der Waals surface area contributed by atoms with Crippen molar-refractivity contribution in [2.24, 2.45) is 23.7 Å². The average Bonchev–Trinajstić information content (AvgIpc) is 2.74. The van der Waals surface area contributed by atoms with Gasteiger partial charge in [-0.15, -0.1) is 0 Å². The summed E-state index contributed by atoms with van der Waals surface area (Å²) in [5, 5.41) is 0. The van der Waals surface area contributed by atoms with Gasteiger partial charge in [-0.2, -0.15) is 8.42 Å². The SMILES string of the molecule is O=C(Oc1cc(I)c(S(=O)(=O)O)c(I)c1)C1C2CCC(CC2)C1C(=O)Oc1c(I)cc(I)cc1I. The van der Waals surface area contributed by atoms with Crippen molar-refractivity contribution in [1.29, 1.82) is 0 Å². The van der Waals surface area contributed by atoms with Crippen molar-refractivity contribution in [3.8, 4) is 11.5 Å². The Balaban J connectivity index is 1.60. The van der Waals surface area contributed by atoms with Gasteiger partial charge in [0.1, 0.15) is 10.6 Å². The molecule has 1 N–H and O–H groups in total. The first-order valence-electron chi connectivity index (χ1n) is 10.4. The number of carbonyl (C=O) groups excluding carboxylic acids is 2. The summed E-state index contributed by atoms with van der Waals surface area (Å²) in [6.07, 6.45) is 3.44. The maximum atomic E-state index is 13.4. The topological polar surface area (TPSA) is 107 Å². The molecule has 5 rings (SSSR count). The zero-order valence-corrected chi connectivity index (χ0v) is 29.2. The van der Waals surface area contributed by atoms with Gasteiger partial charge in [-0.25, -0.2) is 0 Å². The van der Waals surface area contributed by atoms with E-state index in [0.717, 1.165) is 36.4 Å². The van der Waals surface area contributed by atoms with Gasteiger partial charge in [-0.05, 0) is 175 Å². The van der Waals surface area contributed by atoms with Crippen molar-refractivity contribution >= 4 is 135 Å². The molecule has 3 aliphatic rings. The van der Waals surface area contributed by atoms with Crippen molar-refractivity contribution in [2.75, 3.05) is 0 Å². The second-order valence-corrected chi connectivity index (χ2v) is 15.7. The molecule has 3 fully saturated rings. The molecule has 0 spiro atoms. The molecule has 0 heterocycles. The Bertz CT molecular complexity index is 1260. The normalized spacial score (nSPS) is 23.7. The van der Waals surface area contributed by atoms with E-state index in [0.29, 0.717) is 5.75 Å². The molecule has 2 aromatic rings. The molecule has 0 aliphatic heterocycles. The molecular formula is C22H17I5O7S. The molecule has 3 aliphatic carbocycles. The molecule has 35 heavy (non-hydrogen) atoms. The average molecular weight is 1060 g/mol. The second-order valence-electron chi connectivity index (χ2n) is 8.46. The minimum Gasteiger partial charge on any atom is -0.426 e. The predicted octanol–water partition coefficient (Wildman–Crippen LogP) is 6.52. The highest BCUT2D eigenvalue weighted by Crippen LogP contribution is 2.50. The molecule has 2 unspecified atom stereocenters. The van der Waals surface area contributed by atoms with Crippen LogP contribution < -0.4 is 9.47 Å². The molecule has 0 radical (unpaired) electrons. The molecule has 0 saturated heterocycles. The van der Waals surface area contributed by atoms with Gasteiger partial charge in [0, 0.05) is 10.7 Å². The van der Waals surface area contributed by atoms with Gasteiger partial charge in [0.2, 0.25) is 0 Å². The van der Waals surface area contributed by atoms with Crippen LogP contribution in [0.25, 0.3) is 0 Å². The van der Waals surface area contributed by atoms with E-state index in [9.17, 15) is 22.6 Å². The molecule has 0 amide bonds. The van der Waals surface area contributed by atoms with Gasteiger partial charge in [-0.1, -0.05) is 0 Å². The van der Waals surface area contributed by atoms with Gasteiger partial charge in [0.15, 0.2) is 5.75 Å². The van der Waals surface area contributed by atoms with Gasteiger partial charge >= 0.3 is 11.9 Å². The molecule has 3 saturated carbocycles. The van der Waals surface area contributed by atoms with E-state index in [-0.39, 0.29) is 29.6 Å². The number of rotatable bonds is 5. The molecule has 188 valence electrons. The number of benzene rings is 2. The summed E-state index contributed by atoms with van der Waals surface area (Å²) >= 11 is 10.1. The highest BCUT2D eigenvalue weighted by atomic mass is 127. The third-order valence-corrected chi connectivity index (χ3v) is 12.0. The highest BCUT2D eigenvalue weighted by molar-refractivity contribution is 14.1. The summed E-state index contributed by atoms with van der Waals surface area (Å²) in [4.78, 5) is 26.6. The number of carbonyl (C=O) groups is 2.